The maximum Gasteiger partial charge on any atom is 0.250 e. The van der Waals surface area contributed by atoms with Crippen LogP contribution in [-0.4, -0.2) is 20.1 Å². The van der Waals surface area contributed by atoms with Crippen molar-refractivity contribution < 1.29 is 17.9 Å². The minimum Gasteiger partial charge on any atom is -0.469 e. The third-order valence-corrected chi connectivity index (χ3v) is 5.27. The standard InChI is InChI=1S/C11H13NO4S2/c13-7-9-6-11(17-8-9)18(14,15)12-4-3-10-2-1-5-16-10/h1-2,5-6,8,12-13H,3-4,7H2. The Balaban J connectivity index is 1.95. The second kappa shape index (κ2) is 5.66. The highest BCUT2D eigenvalue weighted by atomic mass is 32.2. The Labute approximate surface area is 109 Å². The Morgan fingerprint density at radius 2 is 2.28 bits per heavy atom. The van der Waals surface area contributed by atoms with Gasteiger partial charge in [-0.05, 0) is 29.1 Å². The van der Waals surface area contributed by atoms with Crippen LogP contribution in [0.5, 0.6) is 0 Å². The van der Waals surface area contributed by atoms with Crippen LogP contribution in [0.1, 0.15) is 11.3 Å². The molecule has 2 aromatic rings. The summed E-state index contributed by atoms with van der Waals surface area (Å²) in [6.45, 7) is 0.126. The highest BCUT2D eigenvalue weighted by Gasteiger charge is 2.16. The van der Waals surface area contributed by atoms with Crippen molar-refractivity contribution in [2.45, 2.75) is 17.2 Å². The fourth-order valence-electron chi connectivity index (χ4n) is 1.41. The lowest BCUT2D eigenvalue weighted by Gasteiger charge is -2.02. The van der Waals surface area contributed by atoms with E-state index in [9.17, 15) is 8.42 Å². The Kier molecular flexibility index (Phi) is 4.18. The second-order valence-corrected chi connectivity index (χ2v) is 6.56. The van der Waals surface area contributed by atoms with E-state index in [-0.39, 0.29) is 17.4 Å². The minimum absolute atomic E-state index is 0.154. The van der Waals surface area contributed by atoms with Gasteiger partial charge in [-0.1, -0.05) is 0 Å². The zero-order valence-electron chi connectivity index (χ0n) is 9.50. The summed E-state index contributed by atoms with van der Waals surface area (Å²) < 4.78 is 31.6. The SMILES string of the molecule is O=S(=O)(NCCc1ccco1)c1cc(CO)cs1. The molecule has 0 spiro atoms. The molecule has 0 unspecified atom stereocenters. The highest BCUT2D eigenvalue weighted by molar-refractivity contribution is 7.91. The lowest BCUT2D eigenvalue weighted by molar-refractivity contribution is 0.282. The average molecular weight is 287 g/mol. The molecule has 0 atom stereocenters. The van der Waals surface area contributed by atoms with Crippen molar-refractivity contribution in [3.05, 3.63) is 41.2 Å². The molecule has 0 bridgehead atoms. The minimum atomic E-state index is -3.49. The number of rotatable bonds is 6. The molecule has 0 aliphatic carbocycles. The second-order valence-electron chi connectivity index (χ2n) is 3.66. The van der Waals surface area contributed by atoms with Gasteiger partial charge in [0.15, 0.2) is 0 Å². The number of hydrogen-bond donors (Lipinski definition) is 2. The van der Waals surface area contributed by atoms with Gasteiger partial charge in [-0.3, -0.25) is 0 Å². The summed E-state index contributed by atoms with van der Waals surface area (Å²) in [5.41, 5.74) is 0.603. The lowest BCUT2D eigenvalue weighted by Crippen LogP contribution is -2.25. The number of aliphatic hydroxyl groups is 1. The summed E-state index contributed by atoms with van der Waals surface area (Å²) in [7, 11) is -3.49. The molecule has 2 N–H and O–H groups in total. The molecule has 0 amide bonds. The van der Waals surface area contributed by atoms with Gasteiger partial charge in [0.05, 0.1) is 12.9 Å². The van der Waals surface area contributed by atoms with E-state index in [2.05, 4.69) is 4.72 Å². The molecule has 0 saturated heterocycles. The Morgan fingerprint density at radius 1 is 1.44 bits per heavy atom. The highest BCUT2D eigenvalue weighted by Crippen LogP contribution is 2.19. The first-order valence-corrected chi connectivity index (χ1v) is 7.68. The first kappa shape index (κ1) is 13.3. The summed E-state index contributed by atoms with van der Waals surface area (Å²) in [4.78, 5) is 0. The maximum atomic E-state index is 11.9. The van der Waals surface area contributed by atoms with E-state index in [0.717, 1.165) is 17.1 Å². The van der Waals surface area contributed by atoms with Gasteiger partial charge in [0.25, 0.3) is 0 Å². The van der Waals surface area contributed by atoms with Gasteiger partial charge < -0.3 is 9.52 Å². The predicted octanol–water partition coefficient (Wildman–Crippen LogP) is 1.35. The third kappa shape index (κ3) is 3.20. The zero-order chi connectivity index (χ0) is 13.0. The largest absolute Gasteiger partial charge is 0.469 e. The molecule has 0 aliphatic rings. The lowest BCUT2D eigenvalue weighted by atomic mass is 10.3. The van der Waals surface area contributed by atoms with Crippen molar-refractivity contribution in [3.63, 3.8) is 0 Å². The van der Waals surface area contributed by atoms with E-state index in [1.165, 1.54) is 6.07 Å². The predicted molar refractivity (Wildman–Crippen MR) is 67.8 cm³/mol. The molecule has 0 saturated carbocycles. The number of hydrogen-bond acceptors (Lipinski definition) is 5. The zero-order valence-corrected chi connectivity index (χ0v) is 11.1. The van der Waals surface area contributed by atoms with E-state index < -0.39 is 10.0 Å². The summed E-state index contributed by atoms with van der Waals surface area (Å²) in [5, 5.41) is 10.5. The quantitative estimate of drug-likeness (QED) is 0.840. The number of sulfonamides is 1. The molecule has 2 rings (SSSR count). The molecular weight excluding hydrogens is 274 g/mol. The monoisotopic (exact) mass is 287 g/mol. The molecule has 98 valence electrons. The van der Waals surface area contributed by atoms with Gasteiger partial charge in [-0.25, -0.2) is 13.1 Å². The molecule has 0 aromatic carbocycles. The van der Waals surface area contributed by atoms with Crippen molar-refractivity contribution in [1.82, 2.24) is 4.72 Å². The summed E-state index contributed by atoms with van der Waals surface area (Å²) >= 11 is 1.10. The molecule has 2 aromatic heterocycles. The number of thiophene rings is 1. The Morgan fingerprint density at radius 3 is 2.89 bits per heavy atom. The van der Waals surface area contributed by atoms with Crippen LogP contribution in [0.4, 0.5) is 0 Å². The van der Waals surface area contributed by atoms with Crippen LogP contribution in [0.25, 0.3) is 0 Å². The molecular formula is C11H13NO4S2. The first-order valence-electron chi connectivity index (χ1n) is 5.32. The smallest absolute Gasteiger partial charge is 0.250 e. The fourth-order valence-corrected chi connectivity index (χ4v) is 3.69. The Hall–Kier alpha value is -1.15. The summed E-state index contributed by atoms with van der Waals surface area (Å²) in [5.74, 6) is 0.736. The number of nitrogens with one attached hydrogen (secondary N) is 1. The van der Waals surface area contributed by atoms with Crippen LogP contribution in [-0.2, 0) is 23.1 Å². The number of aliphatic hydroxyl groups excluding tert-OH is 1. The topological polar surface area (TPSA) is 79.5 Å². The van der Waals surface area contributed by atoms with E-state index in [1.807, 2.05) is 0 Å². The molecule has 0 aliphatic heterocycles. The van der Waals surface area contributed by atoms with Gasteiger partial charge in [0.1, 0.15) is 9.97 Å². The third-order valence-electron chi connectivity index (χ3n) is 2.32. The number of furan rings is 1. The van der Waals surface area contributed by atoms with Gasteiger partial charge in [0, 0.05) is 13.0 Å². The van der Waals surface area contributed by atoms with Crippen molar-refractivity contribution in [1.29, 1.82) is 0 Å². The van der Waals surface area contributed by atoms with Crippen molar-refractivity contribution in [3.8, 4) is 0 Å². The van der Waals surface area contributed by atoms with Crippen LogP contribution in [0.3, 0.4) is 0 Å². The first-order chi connectivity index (χ1) is 8.62. The van der Waals surface area contributed by atoms with Gasteiger partial charge in [-0.2, -0.15) is 0 Å². The molecule has 5 nitrogen and oxygen atoms in total. The van der Waals surface area contributed by atoms with Crippen molar-refractivity contribution in [2.24, 2.45) is 0 Å². The van der Waals surface area contributed by atoms with Crippen LogP contribution in [0.2, 0.25) is 0 Å². The van der Waals surface area contributed by atoms with Gasteiger partial charge in [0.2, 0.25) is 10.0 Å². The molecule has 0 fully saturated rings. The molecule has 18 heavy (non-hydrogen) atoms. The van der Waals surface area contributed by atoms with E-state index in [1.54, 1.807) is 23.8 Å². The van der Waals surface area contributed by atoms with Gasteiger partial charge in [-0.15, -0.1) is 11.3 Å². The van der Waals surface area contributed by atoms with E-state index in [4.69, 9.17) is 9.52 Å². The van der Waals surface area contributed by atoms with Crippen LogP contribution >= 0.6 is 11.3 Å². The average Bonchev–Trinajstić information content (AvgIpc) is 2.99. The van der Waals surface area contributed by atoms with E-state index >= 15 is 0 Å². The normalized spacial score (nSPS) is 11.8. The van der Waals surface area contributed by atoms with Gasteiger partial charge >= 0.3 is 0 Å². The molecule has 0 radical (unpaired) electrons. The van der Waals surface area contributed by atoms with E-state index in [0.29, 0.717) is 12.0 Å². The summed E-state index contributed by atoms with van der Waals surface area (Å²) in [6.07, 6.45) is 2.06. The summed E-state index contributed by atoms with van der Waals surface area (Å²) in [6, 6.07) is 5.03. The van der Waals surface area contributed by atoms with Crippen LogP contribution in [0, 0.1) is 0 Å². The van der Waals surface area contributed by atoms with Crippen LogP contribution in [0.15, 0.2) is 38.5 Å². The van der Waals surface area contributed by atoms with Crippen LogP contribution < -0.4 is 4.72 Å². The maximum absolute atomic E-state index is 11.9. The van der Waals surface area contributed by atoms with Crippen molar-refractivity contribution in [2.75, 3.05) is 6.54 Å². The molecule has 7 heteroatoms. The fraction of sp³-hybridized carbons (Fsp3) is 0.273. The molecule has 2 heterocycles. The Bertz CT molecular complexity index is 586. The van der Waals surface area contributed by atoms with Crippen molar-refractivity contribution >= 4 is 21.4 Å².